The van der Waals surface area contributed by atoms with Gasteiger partial charge in [0, 0.05) is 35.2 Å². The Kier molecular flexibility index (Phi) is 6.08. The average Bonchev–Trinajstić information content (AvgIpc) is 2.13. The van der Waals surface area contributed by atoms with Gasteiger partial charge in [0.15, 0.2) is 0 Å². The number of benzene rings is 1. The van der Waals surface area contributed by atoms with Crippen LogP contribution in [0.1, 0.15) is 0 Å². The van der Waals surface area contributed by atoms with E-state index in [1.807, 2.05) is 0 Å². The molecule has 1 rings (SSSR count). The molecule has 1 aromatic carbocycles. The molecule has 4 N–H and O–H groups in total. The fraction of sp³-hybridized carbons (Fsp3) is 0.143. The van der Waals surface area contributed by atoms with Crippen molar-refractivity contribution in [1.82, 2.24) is 0 Å². The van der Waals surface area contributed by atoms with Crippen molar-refractivity contribution in [2.24, 2.45) is 5.14 Å². The van der Waals surface area contributed by atoms with Crippen LogP contribution in [0.15, 0.2) is 29.2 Å². The molecule has 17 heavy (non-hydrogen) atoms. The van der Waals surface area contributed by atoms with E-state index in [9.17, 15) is 16.8 Å². The van der Waals surface area contributed by atoms with Gasteiger partial charge in [0.05, 0.1) is 4.90 Å². The van der Waals surface area contributed by atoms with Crippen molar-refractivity contribution in [3.8, 4) is 0 Å². The van der Waals surface area contributed by atoms with Crippen molar-refractivity contribution in [3.05, 3.63) is 24.3 Å². The molecule has 0 atom stereocenters. The van der Waals surface area contributed by atoms with Crippen LogP contribution in [0.2, 0.25) is 0 Å². The second-order valence-corrected chi connectivity index (χ2v) is 5.99. The summed E-state index contributed by atoms with van der Waals surface area (Å²) in [5.74, 6) is -0.651. The zero-order valence-electron chi connectivity index (χ0n) is 8.99. The summed E-state index contributed by atoms with van der Waals surface area (Å²) in [6.45, 7) is 0. The number of nitrogens with two attached hydrogens (primary N) is 1. The third-order valence-electron chi connectivity index (χ3n) is 1.64. The number of nitrogens with one attached hydrogen (secondary N) is 1. The van der Waals surface area contributed by atoms with Crippen LogP contribution in [0, 0.1) is 0 Å². The van der Waals surface area contributed by atoms with Crippen LogP contribution in [0.5, 0.6) is 0 Å². The molecule has 0 aromatic heterocycles. The van der Waals surface area contributed by atoms with Crippen LogP contribution in [0.4, 0.5) is 5.69 Å². The van der Waals surface area contributed by atoms with Gasteiger partial charge in [0.2, 0.25) is 10.0 Å². The fourth-order valence-corrected chi connectivity index (χ4v) is 1.80. The van der Waals surface area contributed by atoms with Crippen LogP contribution in [0.3, 0.4) is 0 Å². The molecule has 10 heteroatoms. The van der Waals surface area contributed by atoms with Gasteiger partial charge in [-0.05, 0) is 24.3 Å². The maximum Gasteiger partial charge on any atom is 0.283 e. The molecule has 0 aliphatic heterocycles. The molecule has 1 radical (unpaired) electrons. The molecule has 0 aliphatic rings. The van der Waals surface area contributed by atoms with E-state index in [0.29, 0.717) is 5.69 Å². The number of anilines is 1. The normalized spacial score (nSPS) is 11.6. The number of primary sulfonamides is 1. The predicted molar refractivity (Wildman–Crippen MR) is 63.6 cm³/mol. The molecular weight excluding hydrogens is 279 g/mol. The Morgan fingerprint density at radius 1 is 1.12 bits per heavy atom. The summed E-state index contributed by atoms with van der Waals surface area (Å²) in [6.07, 6.45) is 0. The first-order valence-electron chi connectivity index (χ1n) is 4.00. The standard InChI is InChI=1S/C7H10N2O5S2.Na/c8-16(13,14)7-3-1-6(2-4-7)9-5-15(10,11)12;/h1-4,9H,5H2,(H2,8,13,14)(H,10,11,12);. The van der Waals surface area contributed by atoms with E-state index in [2.05, 4.69) is 5.32 Å². The van der Waals surface area contributed by atoms with Crippen LogP contribution < -0.4 is 10.5 Å². The molecule has 0 spiro atoms. The summed E-state index contributed by atoms with van der Waals surface area (Å²) in [7, 11) is -7.87. The summed E-state index contributed by atoms with van der Waals surface area (Å²) >= 11 is 0. The maximum atomic E-state index is 10.9. The number of rotatable bonds is 4. The van der Waals surface area contributed by atoms with Gasteiger partial charge in [0.1, 0.15) is 5.88 Å². The van der Waals surface area contributed by atoms with Crippen molar-refractivity contribution in [2.75, 3.05) is 11.2 Å². The Morgan fingerprint density at radius 3 is 1.94 bits per heavy atom. The first-order chi connectivity index (χ1) is 7.18. The summed E-state index contributed by atoms with van der Waals surface area (Å²) in [6, 6.07) is 5.12. The van der Waals surface area contributed by atoms with E-state index in [-0.39, 0.29) is 34.5 Å². The summed E-state index contributed by atoms with van der Waals surface area (Å²) < 4.78 is 51.0. The fourth-order valence-electron chi connectivity index (χ4n) is 0.937. The van der Waals surface area contributed by atoms with E-state index < -0.39 is 26.0 Å². The van der Waals surface area contributed by atoms with Crippen LogP contribution in [-0.2, 0) is 20.1 Å². The zero-order valence-corrected chi connectivity index (χ0v) is 12.6. The predicted octanol–water partition coefficient (Wildman–Crippen LogP) is -0.790. The topological polar surface area (TPSA) is 127 Å². The Morgan fingerprint density at radius 2 is 1.59 bits per heavy atom. The van der Waals surface area contributed by atoms with Gasteiger partial charge in [-0.1, -0.05) is 0 Å². The number of sulfonamides is 1. The molecule has 0 bridgehead atoms. The Bertz CT molecular complexity index is 567. The van der Waals surface area contributed by atoms with Crippen molar-refractivity contribution in [1.29, 1.82) is 0 Å². The third kappa shape index (κ3) is 6.36. The van der Waals surface area contributed by atoms with Gasteiger partial charge < -0.3 is 5.32 Å². The smallest absolute Gasteiger partial charge is 0.283 e. The van der Waals surface area contributed by atoms with E-state index in [0.717, 1.165) is 0 Å². The van der Waals surface area contributed by atoms with Crippen LogP contribution in [-0.4, -0.2) is 56.8 Å². The Labute approximate surface area is 121 Å². The molecule has 1 aromatic rings. The SMILES string of the molecule is NS(=O)(=O)c1ccc(NCS(=O)(=O)O)cc1.[Na]. The molecule has 0 unspecified atom stereocenters. The van der Waals surface area contributed by atoms with E-state index >= 15 is 0 Å². The molecule has 7 nitrogen and oxygen atoms in total. The van der Waals surface area contributed by atoms with Gasteiger partial charge in [-0.2, -0.15) is 8.42 Å². The van der Waals surface area contributed by atoms with Crippen molar-refractivity contribution in [2.45, 2.75) is 4.90 Å². The zero-order chi connectivity index (χ0) is 12.4. The van der Waals surface area contributed by atoms with E-state index in [1.165, 1.54) is 24.3 Å². The summed E-state index contributed by atoms with van der Waals surface area (Å²) in [5.41, 5.74) is 0.352. The number of hydrogen-bond acceptors (Lipinski definition) is 5. The quantitative estimate of drug-likeness (QED) is 0.492. The minimum atomic E-state index is -4.11. The molecular formula is C7H10N2NaO5S2. The van der Waals surface area contributed by atoms with Gasteiger partial charge in [-0.3, -0.25) is 4.55 Å². The molecule has 0 amide bonds. The second-order valence-electron chi connectivity index (χ2n) is 2.97. The van der Waals surface area contributed by atoms with Gasteiger partial charge in [0.25, 0.3) is 10.1 Å². The van der Waals surface area contributed by atoms with E-state index in [1.54, 1.807) is 0 Å². The van der Waals surface area contributed by atoms with Crippen molar-refractivity contribution >= 4 is 55.4 Å². The minimum Gasteiger partial charge on any atom is -0.370 e. The monoisotopic (exact) mass is 289 g/mol. The Balaban J connectivity index is 0.00000256. The van der Waals surface area contributed by atoms with Gasteiger partial charge in [-0.15, -0.1) is 0 Å². The molecule has 0 heterocycles. The van der Waals surface area contributed by atoms with Crippen LogP contribution in [0.25, 0.3) is 0 Å². The molecule has 0 aliphatic carbocycles. The maximum absolute atomic E-state index is 10.9. The van der Waals surface area contributed by atoms with Crippen molar-refractivity contribution < 1.29 is 21.4 Å². The minimum absolute atomic E-state index is 0. The summed E-state index contributed by atoms with van der Waals surface area (Å²) in [4.78, 5) is -0.0788. The largest absolute Gasteiger partial charge is 0.370 e. The van der Waals surface area contributed by atoms with Crippen LogP contribution >= 0.6 is 0 Å². The third-order valence-corrected chi connectivity index (χ3v) is 3.08. The molecule has 0 saturated heterocycles. The van der Waals surface area contributed by atoms with Gasteiger partial charge in [-0.25, -0.2) is 13.6 Å². The second kappa shape index (κ2) is 6.14. The molecule has 0 saturated carbocycles. The molecule has 0 fully saturated rings. The molecule has 91 valence electrons. The first kappa shape index (κ1) is 16.8. The van der Waals surface area contributed by atoms with Crippen molar-refractivity contribution in [3.63, 3.8) is 0 Å². The van der Waals surface area contributed by atoms with E-state index in [4.69, 9.17) is 9.69 Å². The summed E-state index contributed by atoms with van der Waals surface area (Å²) in [5, 5.41) is 7.26. The van der Waals surface area contributed by atoms with Gasteiger partial charge >= 0.3 is 0 Å². The average molecular weight is 289 g/mol. The number of hydrogen-bond donors (Lipinski definition) is 3. The Hall–Kier alpha value is -0.160. The first-order valence-corrected chi connectivity index (χ1v) is 7.16.